The first-order valence-corrected chi connectivity index (χ1v) is 9.94. The minimum atomic E-state index is 0.0124. The van der Waals surface area contributed by atoms with Crippen molar-refractivity contribution < 1.29 is 9.53 Å². The van der Waals surface area contributed by atoms with E-state index in [4.69, 9.17) is 10.5 Å². The number of rotatable bonds is 6. The first-order chi connectivity index (χ1) is 11.5. The lowest BCUT2D eigenvalue weighted by molar-refractivity contribution is -0.0227. The molecule has 1 saturated carbocycles. The molecule has 0 aromatic carbocycles. The highest BCUT2D eigenvalue weighted by Gasteiger charge is 2.33. The second-order valence-electron chi connectivity index (χ2n) is 7.91. The van der Waals surface area contributed by atoms with E-state index >= 15 is 0 Å². The Morgan fingerprint density at radius 3 is 2.58 bits per heavy atom. The van der Waals surface area contributed by atoms with Gasteiger partial charge in [-0.1, -0.05) is 20.8 Å². The molecule has 1 aliphatic carbocycles. The van der Waals surface area contributed by atoms with Crippen molar-refractivity contribution in [3.63, 3.8) is 0 Å². The molecular formula is C19H37N3O2. The van der Waals surface area contributed by atoms with Gasteiger partial charge in [0.25, 0.3) is 0 Å². The van der Waals surface area contributed by atoms with Gasteiger partial charge in [0.05, 0.1) is 18.8 Å². The fraction of sp³-hybridized carbons (Fsp3) is 0.947. The number of piperidine rings is 1. The predicted octanol–water partition coefficient (Wildman–Crippen LogP) is 3.13. The zero-order valence-electron chi connectivity index (χ0n) is 15.8. The molecule has 1 heterocycles. The fourth-order valence-electron chi connectivity index (χ4n) is 4.04. The van der Waals surface area contributed by atoms with E-state index < -0.39 is 0 Å². The largest absolute Gasteiger partial charge is 0.376 e. The zero-order valence-corrected chi connectivity index (χ0v) is 15.8. The molecule has 24 heavy (non-hydrogen) atoms. The summed E-state index contributed by atoms with van der Waals surface area (Å²) < 4.78 is 6.20. The van der Waals surface area contributed by atoms with Crippen molar-refractivity contribution in [2.45, 2.75) is 83.9 Å². The van der Waals surface area contributed by atoms with Gasteiger partial charge in [-0.3, -0.25) is 0 Å². The number of nitrogens with two attached hydrogens (primary N) is 1. The van der Waals surface area contributed by atoms with Crippen molar-refractivity contribution in [2.75, 3.05) is 19.7 Å². The van der Waals surface area contributed by atoms with Crippen molar-refractivity contribution in [3.05, 3.63) is 0 Å². The Morgan fingerprint density at radius 2 is 1.96 bits per heavy atom. The lowest BCUT2D eigenvalue weighted by Crippen LogP contribution is -2.59. The Balaban J connectivity index is 1.82. The van der Waals surface area contributed by atoms with Gasteiger partial charge < -0.3 is 20.7 Å². The summed E-state index contributed by atoms with van der Waals surface area (Å²) in [4.78, 5) is 14.3. The molecule has 2 aliphatic rings. The van der Waals surface area contributed by atoms with Crippen molar-refractivity contribution in [2.24, 2.45) is 17.6 Å². The van der Waals surface area contributed by atoms with Crippen molar-refractivity contribution in [1.29, 1.82) is 0 Å². The summed E-state index contributed by atoms with van der Waals surface area (Å²) >= 11 is 0. The van der Waals surface area contributed by atoms with E-state index in [0.29, 0.717) is 12.7 Å². The van der Waals surface area contributed by atoms with E-state index in [1.54, 1.807) is 0 Å². The van der Waals surface area contributed by atoms with Crippen LogP contribution in [0.2, 0.25) is 0 Å². The summed E-state index contributed by atoms with van der Waals surface area (Å²) in [5.41, 5.74) is 6.31. The van der Waals surface area contributed by atoms with E-state index in [1.165, 1.54) is 12.8 Å². The van der Waals surface area contributed by atoms with Gasteiger partial charge in [-0.05, 0) is 56.8 Å². The topological polar surface area (TPSA) is 67.6 Å². The van der Waals surface area contributed by atoms with Crippen LogP contribution in [0.5, 0.6) is 0 Å². The van der Waals surface area contributed by atoms with Gasteiger partial charge >= 0.3 is 6.03 Å². The smallest absolute Gasteiger partial charge is 0.317 e. The number of nitrogens with zero attached hydrogens (tertiary/aromatic N) is 1. The van der Waals surface area contributed by atoms with E-state index in [9.17, 15) is 4.79 Å². The molecule has 0 aromatic rings. The summed E-state index contributed by atoms with van der Waals surface area (Å²) in [6.45, 7) is 8.79. The highest BCUT2D eigenvalue weighted by Crippen LogP contribution is 2.31. The number of hydrogen-bond acceptors (Lipinski definition) is 3. The van der Waals surface area contributed by atoms with Crippen molar-refractivity contribution in [3.8, 4) is 0 Å². The van der Waals surface area contributed by atoms with Crippen LogP contribution >= 0.6 is 0 Å². The lowest BCUT2D eigenvalue weighted by atomic mass is 9.80. The van der Waals surface area contributed by atoms with Crippen LogP contribution in [-0.4, -0.2) is 48.8 Å². The highest BCUT2D eigenvalue weighted by atomic mass is 16.5. The molecule has 2 amide bonds. The third-order valence-electron chi connectivity index (χ3n) is 5.78. The van der Waals surface area contributed by atoms with Gasteiger partial charge in [0.1, 0.15) is 0 Å². The van der Waals surface area contributed by atoms with E-state index in [1.807, 2.05) is 4.90 Å². The molecule has 1 saturated heterocycles. The number of amides is 2. The summed E-state index contributed by atoms with van der Waals surface area (Å²) in [7, 11) is 0. The lowest BCUT2D eigenvalue weighted by Gasteiger charge is -2.40. The molecule has 0 aromatic heterocycles. The Kier molecular flexibility index (Phi) is 7.82. The van der Waals surface area contributed by atoms with Gasteiger partial charge in [-0.15, -0.1) is 0 Å². The maximum absolute atomic E-state index is 12.4. The van der Waals surface area contributed by atoms with Crippen LogP contribution in [0.15, 0.2) is 0 Å². The molecule has 0 radical (unpaired) electrons. The molecule has 5 nitrogen and oxygen atoms in total. The predicted molar refractivity (Wildman–Crippen MR) is 97.9 cm³/mol. The Hall–Kier alpha value is -0.810. The minimum Gasteiger partial charge on any atom is -0.376 e. The number of likely N-dealkylation sites (tertiary alicyclic amines) is 1. The Morgan fingerprint density at radius 1 is 1.25 bits per heavy atom. The maximum atomic E-state index is 12.4. The molecule has 2 rings (SSSR count). The second kappa shape index (κ2) is 9.62. The van der Waals surface area contributed by atoms with Crippen LogP contribution in [0, 0.1) is 11.8 Å². The molecule has 1 aliphatic heterocycles. The molecule has 2 atom stereocenters. The zero-order chi connectivity index (χ0) is 17.5. The molecule has 0 unspecified atom stereocenters. The number of ether oxygens (including phenoxy) is 1. The summed E-state index contributed by atoms with van der Waals surface area (Å²) in [6, 6.07) is 0.0562. The van der Waals surface area contributed by atoms with Gasteiger partial charge in [-0.25, -0.2) is 4.79 Å². The first kappa shape index (κ1) is 19.5. The van der Waals surface area contributed by atoms with Crippen molar-refractivity contribution >= 4 is 6.03 Å². The van der Waals surface area contributed by atoms with Crippen LogP contribution in [0.1, 0.15) is 65.7 Å². The van der Waals surface area contributed by atoms with Crippen LogP contribution in [-0.2, 0) is 4.74 Å². The third-order valence-corrected chi connectivity index (χ3v) is 5.78. The Labute approximate surface area is 147 Å². The van der Waals surface area contributed by atoms with E-state index in [0.717, 1.165) is 57.0 Å². The minimum absolute atomic E-state index is 0.0124. The van der Waals surface area contributed by atoms with Crippen LogP contribution in [0.3, 0.4) is 0 Å². The van der Waals surface area contributed by atoms with Crippen LogP contribution < -0.4 is 11.1 Å². The fourth-order valence-corrected chi connectivity index (χ4v) is 4.04. The quantitative estimate of drug-likeness (QED) is 0.781. The van der Waals surface area contributed by atoms with Gasteiger partial charge in [0.15, 0.2) is 0 Å². The molecule has 3 N–H and O–H groups in total. The average molecular weight is 340 g/mol. The Bertz CT molecular complexity index is 381. The molecular weight excluding hydrogens is 302 g/mol. The standard InChI is InChI=1S/C19H37N3O2/c1-4-11-21-19(23)22-12-5-6-17(20)18(22)13-24-16-9-7-15(8-10-16)14(2)3/h14-18H,4-13,20H2,1-3H3,(H,21,23)/t15?,16?,17-,18-/m0/s1. The normalized spacial score (nSPS) is 31.3. The van der Waals surface area contributed by atoms with Gasteiger partial charge in [0.2, 0.25) is 0 Å². The van der Waals surface area contributed by atoms with Crippen LogP contribution in [0.25, 0.3) is 0 Å². The molecule has 140 valence electrons. The molecule has 0 spiro atoms. The van der Waals surface area contributed by atoms with Crippen LogP contribution in [0.4, 0.5) is 4.79 Å². The number of carbonyl (C=O) groups excluding carboxylic acids is 1. The average Bonchev–Trinajstić information content (AvgIpc) is 2.58. The number of nitrogens with one attached hydrogen (secondary N) is 1. The number of carbonyl (C=O) groups is 1. The maximum Gasteiger partial charge on any atom is 0.317 e. The monoisotopic (exact) mass is 339 g/mol. The SMILES string of the molecule is CCCNC(=O)N1CCC[C@H](N)[C@@H]1COC1CCC(C(C)C)CC1. The number of hydrogen-bond donors (Lipinski definition) is 2. The van der Waals surface area contributed by atoms with Gasteiger partial charge in [0, 0.05) is 19.1 Å². The number of urea groups is 1. The third kappa shape index (κ3) is 5.35. The highest BCUT2D eigenvalue weighted by molar-refractivity contribution is 5.74. The van der Waals surface area contributed by atoms with E-state index in [-0.39, 0.29) is 18.1 Å². The first-order valence-electron chi connectivity index (χ1n) is 9.94. The van der Waals surface area contributed by atoms with Gasteiger partial charge in [-0.2, -0.15) is 0 Å². The van der Waals surface area contributed by atoms with E-state index in [2.05, 4.69) is 26.1 Å². The van der Waals surface area contributed by atoms with Crippen molar-refractivity contribution in [1.82, 2.24) is 10.2 Å². The summed E-state index contributed by atoms with van der Waals surface area (Å²) in [6.07, 6.45) is 8.07. The molecule has 2 fully saturated rings. The second-order valence-corrected chi connectivity index (χ2v) is 7.91. The summed E-state index contributed by atoms with van der Waals surface area (Å²) in [5.74, 6) is 1.62. The molecule has 5 heteroatoms. The summed E-state index contributed by atoms with van der Waals surface area (Å²) in [5, 5.41) is 2.98. The molecule has 0 bridgehead atoms.